The van der Waals surface area contributed by atoms with Crippen LogP contribution in [0.3, 0.4) is 0 Å². The van der Waals surface area contributed by atoms with Crippen molar-refractivity contribution in [2.24, 2.45) is 5.84 Å². The lowest BCUT2D eigenvalue weighted by molar-refractivity contribution is 0.0943. The largest absolute Gasteiger partial charge is 0.351 e. The standard InChI is InChI=1S/C13H20N4OS/c1-9-6-10(7-11(16-9)17-14)12(18)15-8-13(19-2)4-3-5-13/h6-7H,3-5,8,14H2,1-2H3,(H,15,18)(H,16,17). The van der Waals surface area contributed by atoms with Gasteiger partial charge in [0.2, 0.25) is 0 Å². The third-order valence-electron chi connectivity index (χ3n) is 3.63. The van der Waals surface area contributed by atoms with E-state index >= 15 is 0 Å². The van der Waals surface area contributed by atoms with Crippen molar-refractivity contribution in [3.05, 3.63) is 23.4 Å². The SMILES string of the molecule is CSC1(CNC(=O)c2cc(C)nc(NN)c2)CCC1. The van der Waals surface area contributed by atoms with Crippen molar-refractivity contribution in [2.75, 3.05) is 18.2 Å². The van der Waals surface area contributed by atoms with Crippen LogP contribution in [0.2, 0.25) is 0 Å². The molecule has 1 aromatic rings. The van der Waals surface area contributed by atoms with Crippen LogP contribution in [-0.4, -0.2) is 28.4 Å². The fourth-order valence-corrected chi connectivity index (χ4v) is 3.15. The number of thioether (sulfide) groups is 1. The Hall–Kier alpha value is -1.27. The van der Waals surface area contributed by atoms with Crippen LogP contribution in [0.25, 0.3) is 0 Å². The molecule has 0 unspecified atom stereocenters. The lowest BCUT2D eigenvalue weighted by Gasteiger charge is -2.40. The number of nitrogens with two attached hydrogens (primary N) is 1. The van der Waals surface area contributed by atoms with Gasteiger partial charge in [0.1, 0.15) is 5.82 Å². The van der Waals surface area contributed by atoms with Crippen LogP contribution < -0.4 is 16.6 Å². The Balaban J connectivity index is 2.01. The molecule has 0 bridgehead atoms. The van der Waals surface area contributed by atoms with E-state index in [2.05, 4.69) is 22.0 Å². The monoisotopic (exact) mass is 280 g/mol. The number of hydrogen-bond donors (Lipinski definition) is 3. The maximum absolute atomic E-state index is 12.2. The van der Waals surface area contributed by atoms with Crippen LogP contribution >= 0.6 is 11.8 Å². The van der Waals surface area contributed by atoms with Gasteiger partial charge in [-0.15, -0.1) is 0 Å². The molecule has 1 aliphatic rings. The normalized spacial score (nSPS) is 16.6. The van der Waals surface area contributed by atoms with Crippen LogP contribution in [0.4, 0.5) is 5.82 Å². The summed E-state index contributed by atoms with van der Waals surface area (Å²) in [6, 6.07) is 3.43. The van der Waals surface area contributed by atoms with E-state index in [0.717, 1.165) is 12.2 Å². The van der Waals surface area contributed by atoms with Crippen molar-refractivity contribution in [1.29, 1.82) is 0 Å². The van der Waals surface area contributed by atoms with Crippen molar-refractivity contribution in [2.45, 2.75) is 30.9 Å². The van der Waals surface area contributed by atoms with Gasteiger partial charge in [0.25, 0.3) is 5.91 Å². The molecule has 1 amide bonds. The Bertz CT molecular complexity index is 468. The molecule has 0 atom stereocenters. The first-order valence-corrected chi connectivity index (χ1v) is 7.60. The second-order valence-electron chi connectivity index (χ2n) is 4.95. The van der Waals surface area contributed by atoms with Gasteiger partial charge in [-0.05, 0) is 38.2 Å². The van der Waals surface area contributed by atoms with E-state index in [1.54, 1.807) is 12.1 Å². The molecule has 1 aliphatic carbocycles. The molecule has 0 spiro atoms. The number of pyridine rings is 1. The zero-order valence-corrected chi connectivity index (χ0v) is 12.1. The van der Waals surface area contributed by atoms with E-state index in [-0.39, 0.29) is 10.7 Å². The number of hydrogen-bond acceptors (Lipinski definition) is 5. The zero-order valence-electron chi connectivity index (χ0n) is 11.3. The highest BCUT2D eigenvalue weighted by atomic mass is 32.2. The first-order chi connectivity index (χ1) is 9.08. The molecule has 0 aliphatic heterocycles. The summed E-state index contributed by atoms with van der Waals surface area (Å²) in [6.07, 6.45) is 5.73. The third-order valence-corrected chi connectivity index (χ3v) is 5.05. The van der Waals surface area contributed by atoms with Crippen molar-refractivity contribution >= 4 is 23.5 Å². The van der Waals surface area contributed by atoms with Gasteiger partial charge in [0.05, 0.1) is 0 Å². The Labute approximate surface area is 117 Å². The number of hydrazine groups is 1. The molecule has 0 aromatic carbocycles. The molecule has 1 fully saturated rings. The predicted molar refractivity (Wildman–Crippen MR) is 79.2 cm³/mol. The first-order valence-electron chi connectivity index (χ1n) is 6.37. The molecule has 0 saturated heterocycles. The average molecular weight is 280 g/mol. The van der Waals surface area contributed by atoms with Crippen LogP contribution in [-0.2, 0) is 0 Å². The lowest BCUT2D eigenvalue weighted by atomic mass is 9.84. The van der Waals surface area contributed by atoms with Gasteiger partial charge in [-0.3, -0.25) is 4.79 Å². The minimum atomic E-state index is -0.0673. The molecule has 19 heavy (non-hydrogen) atoms. The maximum atomic E-state index is 12.2. The minimum absolute atomic E-state index is 0.0673. The second kappa shape index (κ2) is 5.79. The number of aromatic nitrogens is 1. The molecular formula is C13H20N4OS. The molecule has 2 rings (SSSR count). The first kappa shape index (κ1) is 14.1. The molecule has 1 heterocycles. The lowest BCUT2D eigenvalue weighted by Crippen LogP contribution is -2.45. The Morgan fingerprint density at radius 1 is 1.53 bits per heavy atom. The summed E-state index contributed by atoms with van der Waals surface area (Å²) in [5, 5.41) is 3.02. The molecule has 5 nitrogen and oxygen atoms in total. The van der Waals surface area contributed by atoms with E-state index in [4.69, 9.17) is 5.84 Å². The van der Waals surface area contributed by atoms with E-state index in [0.29, 0.717) is 11.4 Å². The van der Waals surface area contributed by atoms with Gasteiger partial charge in [-0.2, -0.15) is 11.8 Å². The number of rotatable bonds is 5. The summed E-state index contributed by atoms with van der Waals surface area (Å²) in [5.74, 6) is 5.78. The van der Waals surface area contributed by atoms with Gasteiger partial charge in [-0.25, -0.2) is 10.8 Å². The number of carbonyl (C=O) groups excluding carboxylic acids is 1. The van der Waals surface area contributed by atoms with E-state index in [9.17, 15) is 4.79 Å². The highest BCUT2D eigenvalue weighted by molar-refractivity contribution is 8.00. The highest BCUT2D eigenvalue weighted by Crippen LogP contribution is 2.42. The van der Waals surface area contributed by atoms with E-state index in [1.807, 2.05) is 18.7 Å². The molecule has 104 valence electrons. The smallest absolute Gasteiger partial charge is 0.251 e. The van der Waals surface area contributed by atoms with Gasteiger partial charge >= 0.3 is 0 Å². The third kappa shape index (κ3) is 3.19. The van der Waals surface area contributed by atoms with E-state index in [1.165, 1.54) is 19.3 Å². The van der Waals surface area contributed by atoms with Crippen molar-refractivity contribution in [3.8, 4) is 0 Å². The number of carbonyl (C=O) groups is 1. The van der Waals surface area contributed by atoms with Crippen molar-refractivity contribution in [3.63, 3.8) is 0 Å². The Morgan fingerprint density at radius 3 is 2.79 bits per heavy atom. The van der Waals surface area contributed by atoms with Gasteiger partial charge < -0.3 is 10.7 Å². The van der Waals surface area contributed by atoms with Crippen molar-refractivity contribution < 1.29 is 4.79 Å². The molecule has 4 N–H and O–H groups in total. The summed E-state index contributed by atoms with van der Waals surface area (Å²) < 4.78 is 0.243. The Morgan fingerprint density at radius 2 is 2.26 bits per heavy atom. The fourth-order valence-electron chi connectivity index (χ4n) is 2.24. The number of nitrogen functional groups attached to an aromatic ring is 1. The summed E-state index contributed by atoms with van der Waals surface area (Å²) in [7, 11) is 0. The van der Waals surface area contributed by atoms with Gasteiger partial charge in [0, 0.05) is 22.5 Å². The van der Waals surface area contributed by atoms with E-state index < -0.39 is 0 Å². The molecular weight excluding hydrogens is 260 g/mol. The van der Waals surface area contributed by atoms with Crippen LogP contribution in [0.5, 0.6) is 0 Å². The minimum Gasteiger partial charge on any atom is -0.351 e. The van der Waals surface area contributed by atoms with Gasteiger partial charge in [0.15, 0.2) is 0 Å². The molecule has 1 aromatic heterocycles. The van der Waals surface area contributed by atoms with Crippen LogP contribution in [0.1, 0.15) is 35.3 Å². The summed E-state index contributed by atoms with van der Waals surface area (Å²) in [6.45, 7) is 2.56. The van der Waals surface area contributed by atoms with Crippen LogP contribution in [0.15, 0.2) is 12.1 Å². The zero-order chi connectivity index (χ0) is 13.9. The molecule has 0 radical (unpaired) electrons. The molecule has 1 saturated carbocycles. The average Bonchev–Trinajstić information content (AvgIpc) is 2.37. The Kier molecular flexibility index (Phi) is 4.31. The highest BCUT2D eigenvalue weighted by Gasteiger charge is 2.36. The topological polar surface area (TPSA) is 80.0 Å². The van der Waals surface area contributed by atoms with Gasteiger partial charge in [-0.1, -0.05) is 6.42 Å². The molecule has 6 heteroatoms. The summed E-state index contributed by atoms with van der Waals surface area (Å²) in [5.41, 5.74) is 3.83. The number of aryl methyl sites for hydroxylation is 1. The van der Waals surface area contributed by atoms with Crippen molar-refractivity contribution in [1.82, 2.24) is 10.3 Å². The summed E-state index contributed by atoms with van der Waals surface area (Å²) >= 11 is 1.85. The van der Waals surface area contributed by atoms with Crippen LogP contribution in [0, 0.1) is 6.92 Å². The number of anilines is 1. The maximum Gasteiger partial charge on any atom is 0.251 e. The quantitative estimate of drug-likeness (QED) is 0.565. The number of nitrogens with zero attached hydrogens (tertiary/aromatic N) is 1. The predicted octanol–water partition coefficient (Wildman–Crippen LogP) is 1.69. The number of nitrogens with one attached hydrogen (secondary N) is 2. The number of amides is 1. The fraction of sp³-hybridized carbons (Fsp3) is 0.538. The summed E-state index contributed by atoms with van der Waals surface area (Å²) in [4.78, 5) is 16.3. The second-order valence-corrected chi connectivity index (χ2v) is 6.22.